The third-order valence-electron chi connectivity index (χ3n) is 4.63. The first kappa shape index (κ1) is 18.1. The Labute approximate surface area is 134 Å². The minimum absolute atomic E-state index is 0. The van der Waals surface area contributed by atoms with E-state index >= 15 is 0 Å². The van der Waals surface area contributed by atoms with Crippen LogP contribution in [-0.4, -0.2) is 34.5 Å². The van der Waals surface area contributed by atoms with Crippen molar-refractivity contribution in [3.63, 3.8) is 0 Å². The lowest BCUT2D eigenvalue weighted by atomic mass is 9.92. The van der Waals surface area contributed by atoms with Crippen LogP contribution in [0, 0.1) is 19.8 Å². The van der Waals surface area contributed by atoms with Gasteiger partial charge in [-0.15, -0.1) is 12.4 Å². The predicted molar refractivity (Wildman–Crippen MR) is 89.1 cm³/mol. The van der Waals surface area contributed by atoms with Crippen molar-refractivity contribution < 1.29 is 4.79 Å². The van der Waals surface area contributed by atoms with E-state index < -0.39 is 0 Å². The zero-order valence-electron chi connectivity index (χ0n) is 13.6. The first-order valence-corrected chi connectivity index (χ1v) is 7.67. The van der Waals surface area contributed by atoms with E-state index in [1.807, 2.05) is 17.9 Å². The first-order valence-electron chi connectivity index (χ1n) is 7.67. The molecule has 21 heavy (non-hydrogen) atoms. The molecule has 0 spiro atoms. The van der Waals surface area contributed by atoms with Gasteiger partial charge in [0.25, 0.3) is 5.91 Å². The van der Waals surface area contributed by atoms with Gasteiger partial charge in [-0.1, -0.05) is 6.92 Å². The van der Waals surface area contributed by atoms with E-state index in [0.717, 1.165) is 42.9 Å². The number of amides is 1. The summed E-state index contributed by atoms with van der Waals surface area (Å²) in [5.74, 6) is 0.816. The molecule has 1 fully saturated rings. The molecule has 0 saturated carbocycles. The number of hydrogen-bond donors (Lipinski definition) is 1. The largest absolute Gasteiger partial charge is 0.349 e. The number of halogens is 1. The van der Waals surface area contributed by atoms with Crippen LogP contribution in [0.15, 0.2) is 6.07 Å². The third kappa shape index (κ3) is 3.43. The molecule has 5 heteroatoms. The van der Waals surface area contributed by atoms with Gasteiger partial charge in [0.2, 0.25) is 0 Å². The van der Waals surface area contributed by atoms with Crippen LogP contribution in [-0.2, 0) is 6.54 Å². The summed E-state index contributed by atoms with van der Waals surface area (Å²) in [4.78, 5) is 14.8. The van der Waals surface area contributed by atoms with Crippen molar-refractivity contribution in [1.82, 2.24) is 9.47 Å². The van der Waals surface area contributed by atoms with Crippen LogP contribution in [0.1, 0.15) is 48.4 Å². The number of hydrogen-bond acceptors (Lipinski definition) is 2. The second-order valence-electron chi connectivity index (χ2n) is 6.05. The van der Waals surface area contributed by atoms with Gasteiger partial charge >= 0.3 is 0 Å². The average molecular weight is 314 g/mol. The highest BCUT2D eigenvalue weighted by atomic mass is 35.5. The Morgan fingerprint density at radius 3 is 2.62 bits per heavy atom. The van der Waals surface area contributed by atoms with Gasteiger partial charge in [-0.3, -0.25) is 4.79 Å². The lowest BCUT2D eigenvalue weighted by Crippen LogP contribution is -2.49. The Bertz CT molecular complexity index is 498. The van der Waals surface area contributed by atoms with Gasteiger partial charge in [-0.2, -0.15) is 0 Å². The summed E-state index contributed by atoms with van der Waals surface area (Å²) in [7, 11) is 0. The minimum atomic E-state index is 0. The Morgan fingerprint density at radius 2 is 2.10 bits per heavy atom. The zero-order valence-corrected chi connectivity index (χ0v) is 14.4. The summed E-state index contributed by atoms with van der Waals surface area (Å²) in [5.41, 5.74) is 8.95. The second-order valence-corrected chi connectivity index (χ2v) is 6.05. The van der Waals surface area contributed by atoms with E-state index in [0.29, 0.717) is 12.5 Å². The van der Waals surface area contributed by atoms with Crippen LogP contribution in [0.4, 0.5) is 0 Å². The van der Waals surface area contributed by atoms with E-state index in [-0.39, 0.29) is 24.4 Å². The highest BCUT2D eigenvalue weighted by Crippen LogP contribution is 2.25. The van der Waals surface area contributed by atoms with Crippen LogP contribution in [0.25, 0.3) is 0 Å². The van der Waals surface area contributed by atoms with Gasteiger partial charge in [-0.05, 0) is 45.6 Å². The molecule has 0 aromatic carbocycles. The van der Waals surface area contributed by atoms with Gasteiger partial charge in [0.15, 0.2) is 0 Å². The van der Waals surface area contributed by atoms with Gasteiger partial charge in [-0.25, -0.2) is 0 Å². The van der Waals surface area contributed by atoms with Gasteiger partial charge < -0.3 is 15.2 Å². The molecular formula is C16H28ClN3O. The summed E-state index contributed by atoms with van der Waals surface area (Å²) in [6.45, 7) is 10.7. The third-order valence-corrected chi connectivity index (χ3v) is 4.63. The fraction of sp³-hybridized carbons (Fsp3) is 0.688. The van der Waals surface area contributed by atoms with E-state index in [1.54, 1.807) is 0 Å². The molecule has 2 rings (SSSR count). The molecule has 1 amide bonds. The smallest absolute Gasteiger partial charge is 0.255 e. The molecule has 2 N–H and O–H groups in total. The number of likely N-dealkylation sites (tertiary alicyclic amines) is 1. The molecule has 0 radical (unpaired) electrons. The van der Waals surface area contributed by atoms with Crippen molar-refractivity contribution in [2.24, 2.45) is 11.7 Å². The predicted octanol–water partition coefficient (Wildman–Crippen LogP) is 2.75. The summed E-state index contributed by atoms with van der Waals surface area (Å²) in [5, 5.41) is 0. The maximum atomic E-state index is 12.8. The Balaban J connectivity index is 0.00000220. The molecule has 1 saturated heterocycles. The number of piperidine rings is 1. The second kappa shape index (κ2) is 7.32. The van der Waals surface area contributed by atoms with E-state index in [9.17, 15) is 4.79 Å². The Hall–Kier alpha value is -1.00. The molecule has 0 aliphatic carbocycles. The number of nitrogens with zero attached hydrogens (tertiary/aromatic N) is 2. The van der Waals surface area contributed by atoms with Gasteiger partial charge in [0.05, 0.1) is 5.56 Å². The van der Waals surface area contributed by atoms with E-state index in [1.165, 1.54) is 0 Å². The molecule has 1 aromatic heterocycles. The van der Waals surface area contributed by atoms with Crippen LogP contribution in [0.5, 0.6) is 0 Å². The number of nitrogens with two attached hydrogens (primary N) is 1. The maximum absolute atomic E-state index is 12.8. The van der Waals surface area contributed by atoms with Crippen LogP contribution < -0.4 is 5.73 Å². The zero-order chi connectivity index (χ0) is 14.9. The van der Waals surface area contributed by atoms with Crippen LogP contribution in [0.3, 0.4) is 0 Å². The molecule has 2 atom stereocenters. The normalized spacial score (nSPS) is 22.0. The topological polar surface area (TPSA) is 51.3 Å². The fourth-order valence-electron chi connectivity index (χ4n) is 3.40. The molecule has 120 valence electrons. The quantitative estimate of drug-likeness (QED) is 0.933. The number of aryl methyl sites for hydroxylation is 1. The number of rotatable bonds is 3. The van der Waals surface area contributed by atoms with Crippen molar-refractivity contribution >= 4 is 18.3 Å². The average Bonchev–Trinajstić information content (AvgIpc) is 2.72. The van der Waals surface area contributed by atoms with Crippen molar-refractivity contribution in [2.75, 3.05) is 13.1 Å². The molecular weight excluding hydrogens is 286 g/mol. The summed E-state index contributed by atoms with van der Waals surface area (Å²) < 4.78 is 2.19. The van der Waals surface area contributed by atoms with Gasteiger partial charge in [0.1, 0.15) is 0 Å². The Morgan fingerprint density at radius 1 is 1.43 bits per heavy atom. The molecule has 2 unspecified atom stereocenters. The van der Waals surface area contributed by atoms with Crippen molar-refractivity contribution in [3.05, 3.63) is 23.0 Å². The summed E-state index contributed by atoms with van der Waals surface area (Å²) in [6, 6.07) is 2.21. The summed E-state index contributed by atoms with van der Waals surface area (Å²) >= 11 is 0. The summed E-state index contributed by atoms with van der Waals surface area (Å²) in [6.07, 6.45) is 2.10. The van der Waals surface area contributed by atoms with Crippen molar-refractivity contribution in [1.29, 1.82) is 0 Å². The van der Waals surface area contributed by atoms with Gasteiger partial charge in [0, 0.05) is 37.1 Å². The lowest BCUT2D eigenvalue weighted by Gasteiger charge is -2.38. The van der Waals surface area contributed by atoms with E-state index in [2.05, 4.69) is 25.3 Å². The molecule has 1 aliphatic heterocycles. The highest BCUT2D eigenvalue weighted by molar-refractivity contribution is 5.96. The molecule has 4 nitrogen and oxygen atoms in total. The molecule has 1 aliphatic rings. The fourth-order valence-corrected chi connectivity index (χ4v) is 3.40. The lowest BCUT2D eigenvalue weighted by molar-refractivity contribution is 0.0573. The highest BCUT2D eigenvalue weighted by Gasteiger charge is 2.31. The molecule has 0 bridgehead atoms. The maximum Gasteiger partial charge on any atom is 0.255 e. The van der Waals surface area contributed by atoms with Crippen LogP contribution >= 0.6 is 12.4 Å². The molecule has 1 aromatic rings. The minimum Gasteiger partial charge on any atom is -0.349 e. The standard InChI is InChI=1S/C16H27N3O.ClH/c1-5-18-12(3)9-15(13(18)4)16(20)19-7-6-11(2)8-14(19)10-17;/h9,11,14H,5-8,10,17H2,1-4H3;1H. The van der Waals surface area contributed by atoms with Crippen molar-refractivity contribution in [3.8, 4) is 0 Å². The van der Waals surface area contributed by atoms with E-state index in [4.69, 9.17) is 5.73 Å². The first-order chi connectivity index (χ1) is 9.49. The monoisotopic (exact) mass is 313 g/mol. The van der Waals surface area contributed by atoms with Crippen LogP contribution in [0.2, 0.25) is 0 Å². The molecule has 2 heterocycles. The number of carbonyl (C=O) groups is 1. The number of aromatic nitrogens is 1. The SMILES string of the molecule is CCn1c(C)cc(C(=O)N2CCC(C)CC2CN)c1C.Cl. The van der Waals surface area contributed by atoms with Crippen molar-refractivity contribution in [2.45, 2.75) is 53.1 Å². The Kier molecular flexibility index (Phi) is 6.29. The number of carbonyl (C=O) groups excluding carboxylic acids is 1.